The second kappa shape index (κ2) is 5.29. The van der Waals surface area contributed by atoms with E-state index in [1.165, 1.54) is 5.69 Å². The first-order chi connectivity index (χ1) is 9.72. The Morgan fingerprint density at radius 1 is 1.45 bits per heavy atom. The van der Waals surface area contributed by atoms with Crippen molar-refractivity contribution in [2.45, 2.75) is 13.3 Å². The van der Waals surface area contributed by atoms with Gasteiger partial charge in [0.05, 0.1) is 7.11 Å². The van der Waals surface area contributed by atoms with E-state index < -0.39 is 0 Å². The van der Waals surface area contributed by atoms with Crippen LogP contribution in [-0.4, -0.2) is 36.9 Å². The van der Waals surface area contributed by atoms with Crippen LogP contribution in [0.5, 0.6) is 5.75 Å². The number of aryl methyl sites for hydroxylation is 1. The van der Waals surface area contributed by atoms with Crippen LogP contribution in [0.25, 0.3) is 10.9 Å². The van der Waals surface area contributed by atoms with Crippen LogP contribution in [0.2, 0.25) is 0 Å². The molecular formula is C16H20N2O2. The summed E-state index contributed by atoms with van der Waals surface area (Å²) in [7, 11) is 1.68. The molecule has 1 fully saturated rings. The van der Waals surface area contributed by atoms with E-state index in [1.807, 2.05) is 19.1 Å². The molecule has 3 rings (SSSR count). The third-order valence-corrected chi connectivity index (χ3v) is 4.01. The Kier molecular flexibility index (Phi) is 3.49. The van der Waals surface area contributed by atoms with E-state index in [-0.39, 0.29) is 6.61 Å². The molecule has 2 aromatic rings. The molecule has 1 atom stereocenters. The Morgan fingerprint density at radius 2 is 2.30 bits per heavy atom. The molecule has 2 heterocycles. The maximum atomic E-state index is 9.32. The highest BCUT2D eigenvalue weighted by atomic mass is 16.5. The molecule has 1 aromatic carbocycles. The molecule has 4 nitrogen and oxygen atoms in total. The van der Waals surface area contributed by atoms with Gasteiger partial charge >= 0.3 is 0 Å². The van der Waals surface area contributed by atoms with Gasteiger partial charge in [-0.05, 0) is 25.5 Å². The second-order valence-corrected chi connectivity index (χ2v) is 5.42. The molecule has 1 unspecified atom stereocenters. The minimum atomic E-state index is 0.266. The Morgan fingerprint density at radius 3 is 3.00 bits per heavy atom. The third kappa shape index (κ3) is 2.20. The molecule has 0 amide bonds. The number of fused-ring (bicyclic) bond motifs is 1. The zero-order chi connectivity index (χ0) is 14.1. The predicted molar refractivity (Wildman–Crippen MR) is 80.4 cm³/mol. The summed E-state index contributed by atoms with van der Waals surface area (Å²) in [5.74, 6) is 1.19. The van der Waals surface area contributed by atoms with Gasteiger partial charge in [0.25, 0.3) is 0 Å². The summed E-state index contributed by atoms with van der Waals surface area (Å²) in [5, 5.41) is 10.4. The molecule has 106 valence electrons. The Hall–Kier alpha value is -1.81. The molecule has 1 aromatic heterocycles. The van der Waals surface area contributed by atoms with Gasteiger partial charge in [-0.1, -0.05) is 12.1 Å². The number of ether oxygens (including phenoxy) is 1. The normalized spacial score (nSPS) is 18.8. The molecule has 0 bridgehead atoms. The van der Waals surface area contributed by atoms with Crippen molar-refractivity contribution in [3.63, 3.8) is 0 Å². The number of anilines is 1. The number of aliphatic hydroxyl groups excluding tert-OH is 1. The number of aliphatic hydroxyl groups is 1. The standard InChI is InChI=1S/C16H20N2O2/c1-11-8-14(18-7-6-12(9-18)10-19)13-4-3-5-15(20-2)16(13)17-11/h3-5,8,12,19H,6-7,9-10H2,1-2H3. The Bertz CT molecular complexity index is 627. The van der Waals surface area contributed by atoms with Crippen LogP contribution in [0.4, 0.5) is 5.69 Å². The zero-order valence-corrected chi connectivity index (χ0v) is 12.0. The number of hydrogen-bond acceptors (Lipinski definition) is 4. The number of para-hydroxylation sites is 1. The summed E-state index contributed by atoms with van der Waals surface area (Å²) in [5.41, 5.74) is 3.10. The quantitative estimate of drug-likeness (QED) is 0.931. The molecule has 0 spiro atoms. The van der Waals surface area contributed by atoms with Crippen molar-refractivity contribution in [1.29, 1.82) is 0 Å². The van der Waals surface area contributed by atoms with Gasteiger partial charge in [-0.2, -0.15) is 0 Å². The van der Waals surface area contributed by atoms with E-state index in [4.69, 9.17) is 4.74 Å². The van der Waals surface area contributed by atoms with Crippen molar-refractivity contribution in [2.24, 2.45) is 5.92 Å². The molecular weight excluding hydrogens is 252 g/mol. The first-order valence-electron chi connectivity index (χ1n) is 7.03. The fourth-order valence-corrected chi connectivity index (χ4v) is 2.96. The summed E-state index contributed by atoms with van der Waals surface area (Å²) in [6.07, 6.45) is 1.04. The average Bonchev–Trinajstić information content (AvgIpc) is 2.94. The minimum absolute atomic E-state index is 0.266. The van der Waals surface area contributed by atoms with Crippen LogP contribution in [0.3, 0.4) is 0 Å². The lowest BCUT2D eigenvalue weighted by Gasteiger charge is -2.21. The molecule has 20 heavy (non-hydrogen) atoms. The van der Waals surface area contributed by atoms with E-state index in [2.05, 4.69) is 22.0 Å². The lowest BCUT2D eigenvalue weighted by Crippen LogP contribution is -2.21. The van der Waals surface area contributed by atoms with Crippen molar-refractivity contribution in [1.82, 2.24) is 4.98 Å². The van der Waals surface area contributed by atoms with E-state index in [0.717, 1.165) is 41.9 Å². The van der Waals surface area contributed by atoms with Gasteiger partial charge in [0.15, 0.2) is 0 Å². The fourth-order valence-electron chi connectivity index (χ4n) is 2.96. The van der Waals surface area contributed by atoms with Gasteiger partial charge in [-0.25, -0.2) is 4.98 Å². The summed E-state index contributed by atoms with van der Waals surface area (Å²) < 4.78 is 5.42. The molecule has 1 aliphatic heterocycles. The van der Waals surface area contributed by atoms with E-state index >= 15 is 0 Å². The van der Waals surface area contributed by atoms with Crippen molar-refractivity contribution in [3.05, 3.63) is 30.0 Å². The van der Waals surface area contributed by atoms with Crippen LogP contribution in [0, 0.1) is 12.8 Å². The summed E-state index contributed by atoms with van der Waals surface area (Å²) in [6.45, 7) is 4.17. The molecule has 0 saturated carbocycles. The van der Waals surface area contributed by atoms with Crippen LogP contribution >= 0.6 is 0 Å². The lowest BCUT2D eigenvalue weighted by atomic mass is 10.1. The summed E-state index contributed by atoms with van der Waals surface area (Å²) >= 11 is 0. The number of methoxy groups -OCH3 is 1. The molecule has 4 heteroatoms. The van der Waals surface area contributed by atoms with E-state index in [1.54, 1.807) is 7.11 Å². The maximum Gasteiger partial charge on any atom is 0.145 e. The smallest absolute Gasteiger partial charge is 0.145 e. The van der Waals surface area contributed by atoms with Crippen molar-refractivity contribution >= 4 is 16.6 Å². The van der Waals surface area contributed by atoms with Crippen molar-refractivity contribution in [2.75, 3.05) is 31.7 Å². The minimum Gasteiger partial charge on any atom is -0.494 e. The van der Waals surface area contributed by atoms with Gasteiger partial charge < -0.3 is 14.7 Å². The van der Waals surface area contributed by atoms with Gasteiger partial charge in [-0.3, -0.25) is 0 Å². The highest BCUT2D eigenvalue weighted by Crippen LogP contribution is 2.34. The average molecular weight is 272 g/mol. The van der Waals surface area contributed by atoms with Crippen LogP contribution in [0.15, 0.2) is 24.3 Å². The van der Waals surface area contributed by atoms with Gasteiger partial charge in [0.1, 0.15) is 11.3 Å². The monoisotopic (exact) mass is 272 g/mol. The van der Waals surface area contributed by atoms with Gasteiger partial charge in [0.2, 0.25) is 0 Å². The van der Waals surface area contributed by atoms with Gasteiger partial charge in [0, 0.05) is 42.4 Å². The topological polar surface area (TPSA) is 45.6 Å². The molecule has 1 saturated heterocycles. The van der Waals surface area contributed by atoms with E-state index in [0.29, 0.717) is 5.92 Å². The predicted octanol–water partition coefficient (Wildman–Crippen LogP) is 2.37. The summed E-state index contributed by atoms with van der Waals surface area (Å²) in [4.78, 5) is 6.96. The molecule has 0 aliphatic carbocycles. The largest absolute Gasteiger partial charge is 0.494 e. The first-order valence-corrected chi connectivity index (χ1v) is 7.03. The fraction of sp³-hybridized carbons (Fsp3) is 0.438. The Labute approximate surface area is 119 Å². The SMILES string of the molecule is COc1cccc2c(N3CCC(CO)C3)cc(C)nc12. The zero-order valence-electron chi connectivity index (χ0n) is 12.0. The lowest BCUT2D eigenvalue weighted by molar-refractivity contribution is 0.238. The van der Waals surface area contributed by atoms with Crippen LogP contribution in [-0.2, 0) is 0 Å². The van der Waals surface area contributed by atoms with E-state index in [9.17, 15) is 5.11 Å². The molecule has 1 aliphatic rings. The van der Waals surface area contributed by atoms with Crippen LogP contribution < -0.4 is 9.64 Å². The highest BCUT2D eigenvalue weighted by molar-refractivity contribution is 5.95. The number of pyridine rings is 1. The number of nitrogens with zero attached hydrogens (tertiary/aromatic N) is 2. The highest BCUT2D eigenvalue weighted by Gasteiger charge is 2.24. The first kappa shape index (κ1) is 13.2. The maximum absolute atomic E-state index is 9.32. The molecule has 1 N–H and O–H groups in total. The molecule has 0 radical (unpaired) electrons. The third-order valence-electron chi connectivity index (χ3n) is 4.01. The number of hydrogen-bond donors (Lipinski definition) is 1. The summed E-state index contributed by atoms with van der Waals surface area (Å²) in [6, 6.07) is 8.16. The van der Waals surface area contributed by atoms with Crippen molar-refractivity contribution in [3.8, 4) is 5.75 Å². The number of benzene rings is 1. The van der Waals surface area contributed by atoms with Gasteiger partial charge in [-0.15, -0.1) is 0 Å². The van der Waals surface area contributed by atoms with Crippen LogP contribution in [0.1, 0.15) is 12.1 Å². The Balaban J connectivity index is 2.11. The van der Waals surface area contributed by atoms with Crippen molar-refractivity contribution < 1.29 is 9.84 Å². The number of rotatable bonds is 3. The number of aromatic nitrogens is 1. The second-order valence-electron chi connectivity index (χ2n) is 5.42.